The second-order valence-corrected chi connectivity index (χ2v) is 9.32. The summed E-state index contributed by atoms with van der Waals surface area (Å²) in [5.41, 5.74) is 10.3. The van der Waals surface area contributed by atoms with Crippen molar-refractivity contribution >= 4 is 5.97 Å². The van der Waals surface area contributed by atoms with Gasteiger partial charge in [0.2, 0.25) is 0 Å². The largest absolute Gasteiger partial charge is 0.461 e. The summed E-state index contributed by atoms with van der Waals surface area (Å²) in [4.78, 5) is 15.1. The summed E-state index contributed by atoms with van der Waals surface area (Å²) >= 11 is 0. The van der Waals surface area contributed by atoms with Gasteiger partial charge in [-0.1, -0.05) is 71.9 Å². The summed E-state index contributed by atoms with van der Waals surface area (Å²) in [6, 6.07) is 19.4. The molecule has 200 valence electrons. The predicted molar refractivity (Wildman–Crippen MR) is 140 cm³/mol. The Balaban J connectivity index is 2.30. The maximum Gasteiger partial charge on any atom is 0.311 e. The minimum atomic E-state index is -0.667. The van der Waals surface area contributed by atoms with Gasteiger partial charge in [0.1, 0.15) is 25.6 Å². The normalized spacial score (nSPS) is 14.1. The van der Waals surface area contributed by atoms with Gasteiger partial charge >= 0.3 is 5.97 Å². The van der Waals surface area contributed by atoms with Crippen LogP contribution >= 0.6 is 0 Å². The Labute approximate surface area is 219 Å². The Hall–Kier alpha value is -3.20. The molecule has 0 aliphatic carbocycles. The average Bonchev–Trinajstić information content (AvgIpc) is 2.90. The van der Waals surface area contributed by atoms with Crippen LogP contribution in [0.1, 0.15) is 31.9 Å². The van der Waals surface area contributed by atoms with Gasteiger partial charge in [0.05, 0.1) is 31.3 Å². The molecule has 0 fully saturated rings. The van der Waals surface area contributed by atoms with E-state index in [9.17, 15) is 4.79 Å². The predicted octanol–water partition coefficient (Wildman–Crippen LogP) is 5.60. The van der Waals surface area contributed by atoms with Gasteiger partial charge in [-0.3, -0.25) is 4.79 Å². The molecule has 9 nitrogen and oxygen atoms in total. The van der Waals surface area contributed by atoms with Gasteiger partial charge in [-0.2, -0.15) is 0 Å². The number of azide groups is 1. The van der Waals surface area contributed by atoms with E-state index < -0.39 is 23.7 Å². The van der Waals surface area contributed by atoms with Crippen molar-refractivity contribution in [2.24, 2.45) is 10.5 Å². The summed E-state index contributed by atoms with van der Waals surface area (Å²) < 4.78 is 28.9. The lowest BCUT2D eigenvalue weighted by Gasteiger charge is -2.31. The highest BCUT2D eigenvalue weighted by Crippen LogP contribution is 2.20. The summed E-state index contributed by atoms with van der Waals surface area (Å²) in [6.45, 7) is 6.05. The fraction of sp³-hybridized carbons (Fsp3) is 0.464. The lowest BCUT2D eigenvalue weighted by Crippen LogP contribution is -2.43. The van der Waals surface area contributed by atoms with Crippen molar-refractivity contribution in [2.75, 3.05) is 27.1 Å². The molecule has 0 aromatic heterocycles. The van der Waals surface area contributed by atoms with Gasteiger partial charge in [-0.25, -0.2) is 0 Å². The van der Waals surface area contributed by atoms with E-state index in [0.717, 1.165) is 11.1 Å². The van der Waals surface area contributed by atoms with Gasteiger partial charge in [-0.15, -0.1) is 0 Å². The fourth-order valence-electron chi connectivity index (χ4n) is 3.26. The van der Waals surface area contributed by atoms with Gasteiger partial charge in [0.15, 0.2) is 0 Å². The molecule has 2 rings (SSSR count). The van der Waals surface area contributed by atoms with Gasteiger partial charge in [-0.05, 0) is 43.5 Å². The molecule has 0 saturated carbocycles. The average molecular weight is 512 g/mol. The Morgan fingerprint density at radius 1 is 0.973 bits per heavy atom. The van der Waals surface area contributed by atoms with Crippen molar-refractivity contribution in [3.63, 3.8) is 0 Å². The molecule has 3 atom stereocenters. The number of carbonyl (C=O) groups is 1. The first-order valence-corrected chi connectivity index (χ1v) is 12.1. The highest BCUT2D eigenvalue weighted by Gasteiger charge is 2.31. The van der Waals surface area contributed by atoms with Crippen LogP contribution in [0.15, 0.2) is 77.9 Å². The molecule has 0 unspecified atom stereocenters. The molecule has 0 spiro atoms. The summed E-state index contributed by atoms with van der Waals surface area (Å²) in [6.07, 6.45) is 1.56. The fourth-order valence-corrected chi connectivity index (χ4v) is 3.26. The number of hydrogen-bond acceptors (Lipinski definition) is 7. The van der Waals surface area contributed by atoms with E-state index >= 15 is 0 Å². The number of rotatable bonds is 16. The van der Waals surface area contributed by atoms with Crippen molar-refractivity contribution < 1.29 is 28.5 Å². The molecule has 0 aliphatic heterocycles. The minimum Gasteiger partial charge on any atom is -0.461 e. The van der Waals surface area contributed by atoms with Crippen molar-refractivity contribution in [3.05, 3.63) is 94.4 Å². The Kier molecular flexibility index (Phi) is 13.4. The smallest absolute Gasteiger partial charge is 0.311 e. The van der Waals surface area contributed by atoms with E-state index in [4.69, 9.17) is 29.2 Å². The van der Waals surface area contributed by atoms with Crippen molar-refractivity contribution in [2.45, 2.75) is 52.3 Å². The molecule has 2 aromatic carbocycles. The number of esters is 1. The van der Waals surface area contributed by atoms with Crippen molar-refractivity contribution in [1.29, 1.82) is 0 Å². The molecule has 37 heavy (non-hydrogen) atoms. The molecule has 9 heteroatoms. The monoisotopic (exact) mass is 511 g/mol. The van der Waals surface area contributed by atoms with Crippen LogP contribution in [0.4, 0.5) is 0 Å². The first kappa shape index (κ1) is 30.0. The standard InChI is InChI=1S/C28H37N3O6/c1-28(2,3)27(32)34-17-11-16-24(35-19-22-12-7-5-8-13-22)26(25(18-30-31-29)37-21-33-4)36-20-23-14-9-6-10-15-23/h5-16,24-26H,17-21H2,1-4H3/b16-11+/t24-,25-,26+/m1/s1. The zero-order valence-electron chi connectivity index (χ0n) is 22.0. The summed E-state index contributed by atoms with van der Waals surface area (Å²) in [5, 5.41) is 3.72. The second kappa shape index (κ2) is 16.5. The molecular weight excluding hydrogens is 474 g/mol. The number of methoxy groups -OCH3 is 1. The van der Waals surface area contributed by atoms with Gasteiger partial charge < -0.3 is 23.7 Å². The Bertz CT molecular complexity index is 988. The SMILES string of the molecule is COCO[C@H](CN=[N+]=[N-])[C@@H](OCc1ccccc1)[C@@H](/C=C/COC(=O)C(C)(C)C)OCc1ccccc1. The first-order chi connectivity index (χ1) is 17.8. The quantitative estimate of drug-likeness (QED) is 0.0724. The van der Waals surface area contributed by atoms with Crippen LogP contribution in [0.2, 0.25) is 0 Å². The summed E-state index contributed by atoms with van der Waals surface area (Å²) in [5.74, 6) is -0.305. The number of carbonyl (C=O) groups excluding carboxylic acids is 1. The lowest BCUT2D eigenvalue weighted by molar-refractivity contribution is -0.161. The van der Waals surface area contributed by atoms with Gasteiger partial charge in [0.25, 0.3) is 0 Å². The van der Waals surface area contributed by atoms with Crippen LogP contribution < -0.4 is 0 Å². The van der Waals surface area contributed by atoms with Crippen LogP contribution in [-0.4, -0.2) is 51.3 Å². The highest BCUT2D eigenvalue weighted by molar-refractivity contribution is 5.75. The highest BCUT2D eigenvalue weighted by atomic mass is 16.7. The van der Waals surface area contributed by atoms with Crippen molar-refractivity contribution in [3.8, 4) is 0 Å². The van der Waals surface area contributed by atoms with E-state index in [0.29, 0.717) is 6.61 Å². The van der Waals surface area contributed by atoms with Crippen LogP contribution in [0.5, 0.6) is 0 Å². The third-order valence-corrected chi connectivity index (χ3v) is 5.23. The van der Waals surface area contributed by atoms with Crippen LogP contribution in [0.3, 0.4) is 0 Å². The topological polar surface area (TPSA) is 112 Å². The third-order valence-electron chi connectivity index (χ3n) is 5.23. The number of nitrogens with zero attached hydrogens (tertiary/aromatic N) is 3. The number of hydrogen-bond donors (Lipinski definition) is 0. The van der Waals surface area contributed by atoms with E-state index in [1.165, 1.54) is 7.11 Å². The van der Waals surface area contributed by atoms with E-state index in [2.05, 4.69) is 10.0 Å². The third kappa shape index (κ3) is 11.6. The van der Waals surface area contributed by atoms with E-state index in [1.54, 1.807) is 32.9 Å². The summed E-state index contributed by atoms with van der Waals surface area (Å²) in [7, 11) is 1.51. The van der Waals surface area contributed by atoms with E-state index in [1.807, 2.05) is 60.7 Å². The lowest BCUT2D eigenvalue weighted by atomic mass is 9.97. The zero-order chi connectivity index (χ0) is 26.9. The Morgan fingerprint density at radius 3 is 2.11 bits per heavy atom. The molecule has 2 aromatic rings. The molecule has 0 aliphatic rings. The molecule has 0 amide bonds. The van der Waals surface area contributed by atoms with Crippen LogP contribution in [-0.2, 0) is 41.7 Å². The maximum atomic E-state index is 12.2. The maximum absolute atomic E-state index is 12.2. The van der Waals surface area contributed by atoms with E-state index in [-0.39, 0.29) is 32.5 Å². The molecule has 0 heterocycles. The molecule has 0 saturated heterocycles. The molecule has 0 bridgehead atoms. The van der Waals surface area contributed by atoms with Crippen LogP contribution in [0, 0.1) is 5.41 Å². The Morgan fingerprint density at radius 2 is 1.57 bits per heavy atom. The number of ether oxygens (including phenoxy) is 5. The molecular formula is C28H37N3O6. The zero-order valence-corrected chi connectivity index (χ0v) is 22.0. The molecule has 0 radical (unpaired) electrons. The van der Waals surface area contributed by atoms with Crippen LogP contribution in [0.25, 0.3) is 10.4 Å². The minimum absolute atomic E-state index is 0.0113. The second-order valence-electron chi connectivity index (χ2n) is 9.32. The number of benzene rings is 2. The van der Waals surface area contributed by atoms with Crippen molar-refractivity contribution in [1.82, 2.24) is 0 Å². The first-order valence-electron chi connectivity index (χ1n) is 12.1. The van der Waals surface area contributed by atoms with Gasteiger partial charge in [0, 0.05) is 12.0 Å². The molecule has 0 N–H and O–H groups in total.